The Morgan fingerprint density at radius 3 is 2.58 bits per heavy atom. The molecule has 0 saturated carbocycles. The molecule has 0 aliphatic heterocycles. The Kier molecular flexibility index (Phi) is 6.15. The molecule has 19 heavy (non-hydrogen) atoms. The molecule has 0 amide bonds. The molecular weight excluding hydrogens is 255 g/mol. The molecule has 1 aromatic rings. The highest BCUT2D eigenvalue weighted by atomic mass is 19.4. The van der Waals surface area contributed by atoms with Crippen LogP contribution >= 0.6 is 0 Å². The van der Waals surface area contributed by atoms with Crippen molar-refractivity contribution in [2.45, 2.75) is 52.1 Å². The number of hydrogen-bond donors (Lipinski definition) is 1. The van der Waals surface area contributed by atoms with Crippen molar-refractivity contribution in [2.75, 3.05) is 0 Å². The van der Waals surface area contributed by atoms with Crippen LogP contribution in [0.15, 0.2) is 24.3 Å². The van der Waals surface area contributed by atoms with Crippen LogP contribution in [0.3, 0.4) is 0 Å². The Morgan fingerprint density at radius 2 is 1.95 bits per heavy atom. The van der Waals surface area contributed by atoms with E-state index in [4.69, 9.17) is 0 Å². The van der Waals surface area contributed by atoms with E-state index in [1.165, 1.54) is 12.1 Å². The summed E-state index contributed by atoms with van der Waals surface area (Å²) in [4.78, 5) is 0. The zero-order valence-electron chi connectivity index (χ0n) is 11.3. The van der Waals surface area contributed by atoms with Crippen LogP contribution in [0.5, 0.6) is 5.75 Å². The van der Waals surface area contributed by atoms with Gasteiger partial charge in [-0.2, -0.15) is 0 Å². The first-order chi connectivity index (χ1) is 8.92. The monoisotopic (exact) mass is 275 g/mol. The molecule has 0 aliphatic rings. The van der Waals surface area contributed by atoms with Crippen LogP contribution in [-0.4, -0.2) is 12.4 Å². The van der Waals surface area contributed by atoms with Crippen molar-refractivity contribution in [1.29, 1.82) is 0 Å². The van der Waals surface area contributed by atoms with Crippen LogP contribution < -0.4 is 10.1 Å². The maximum Gasteiger partial charge on any atom is 0.573 e. The molecule has 0 aromatic heterocycles. The van der Waals surface area contributed by atoms with E-state index in [2.05, 4.69) is 17.0 Å². The Balaban J connectivity index is 2.58. The number of hydrogen-bond acceptors (Lipinski definition) is 2. The molecule has 1 atom stereocenters. The average Bonchev–Trinajstić information content (AvgIpc) is 2.33. The quantitative estimate of drug-likeness (QED) is 0.803. The van der Waals surface area contributed by atoms with Gasteiger partial charge in [0.15, 0.2) is 0 Å². The van der Waals surface area contributed by atoms with Gasteiger partial charge in [-0.3, -0.25) is 0 Å². The summed E-state index contributed by atoms with van der Waals surface area (Å²) in [5.74, 6) is -0.134. The molecule has 1 aromatic carbocycles. The maximum absolute atomic E-state index is 12.2. The first-order valence-corrected chi connectivity index (χ1v) is 6.49. The molecule has 0 radical (unpaired) electrons. The summed E-state index contributed by atoms with van der Waals surface area (Å²) in [6.45, 7) is 4.51. The number of halogens is 3. The van der Waals surface area contributed by atoms with Crippen LogP contribution in [-0.2, 0) is 6.54 Å². The predicted octanol–water partition coefficient (Wildman–Crippen LogP) is 4.25. The van der Waals surface area contributed by atoms with Gasteiger partial charge < -0.3 is 10.1 Å². The number of alkyl halides is 3. The summed E-state index contributed by atoms with van der Waals surface area (Å²) >= 11 is 0. The molecule has 0 saturated heterocycles. The molecule has 1 unspecified atom stereocenters. The highest BCUT2D eigenvalue weighted by Gasteiger charge is 2.31. The highest BCUT2D eigenvalue weighted by Crippen LogP contribution is 2.26. The summed E-state index contributed by atoms with van der Waals surface area (Å²) in [5, 5.41) is 3.21. The second-order valence-electron chi connectivity index (χ2n) is 4.58. The second-order valence-corrected chi connectivity index (χ2v) is 4.58. The van der Waals surface area contributed by atoms with E-state index in [1.54, 1.807) is 12.1 Å². The molecule has 5 heteroatoms. The van der Waals surface area contributed by atoms with Gasteiger partial charge >= 0.3 is 6.36 Å². The number of unbranched alkanes of at least 4 members (excludes halogenated alkanes) is 1. The molecule has 108 valence electrons. The third-order valence-electron chi connectivity index (χ3n) is 2.83. The Morgan fingerprint density at radius 1 is 1.26 bits per heavy atom. The van der Waals surface area contributed by atoms with Crippen LogP contribution in [0.2, 0.25) is 0 Å². The van der Waals surface area contributed by atoms with E-state index < -0.39 is 6.36 Å². The summed E-state index contributed by atoms with van der Waals surface area (Å²) < 4.78 is 40.7. The fraction of sp³-hybridized carbons (Fsp3) is 0.571. The minimum Gasteiger partial charge on any atom is -0.405 e. The average molecular weight is 275 g/mol. The van der Waals surface area contributed by atoms with Crippen LogP contribution in [0.25, 0.3) is 0 Å². The summed E-state index contributed by atoms with van der Waals surface area (Å²) in [5.41, 5.74) is 0.517. The number of para-hydroxylation sites is 1. The molecular formula is C14H20F3NO. The SMILES string of the molecule is CCCCC(C)NCc1ccccc1OC(F)(F)F. The van der Waals surface area contributed by atoms with Crippen molar-refractivity contribution in [3.63, 3.8) is 0 Å². The fourth-order valence-electron chi connectivity index (χ4n) is 1.77. The van der Waals surface area contributed by atoms with Gasteiger partial charge in [0.2, 0.25) is 0 Å². The van der Waals surface area contributed by atoms with E-state index in [-0.39, 0.29) is 11.8 Å². The minimum absolute atomic E-state index is 0.134. The number of benzene rings is 1. The molecule has 0 spiro atoms. The molecule has 0 fully saturated rings. The number of rotatable bonds is 7. The van der Waals surface area contributed by atoms with Crippen molar-refractivity contribution in [2.24, 2.45) is 0 Å². The van der Waals surface area contributed by atoms with Gasteiger partial charge in [-0.05, 0) is 19.4 Å². The van der Waals surface area contributed by atoms with E-state index in [0.717, 1.165) is 19.3 Å². The normalized spacial score (nSPS) is 13.3. The van der Waals surface area contributed by atoms with Gasteiger partial charge in [-0.1, -0.05) is 38.0 Å². The van der Waals surface area contributed by atoms with Gasteiger partial charge in [0, 0.05) is 18.2 Å². The summed E-state index contributed by atoms with van der Waals surface area (Å²) in [6, 6.07) is 6.49. The molecule has 1 N–H and O–H groups in total. The molecule has 0 bridgehead atoms. The predicted molar refractivity (Wildman–Crippen MR) is 69.0 cm³/mol. The molecule has 0 aliphatic carbocycles. The van der Waals surface area contributed by atoms with Crippen LogP contribution in [0.1, 0.15) is 38.7 Å². The Hall–Kier alpha value is -1.23. The van der Waals surface area contributed by atoms with Crippen LogP contribution in [0.4, 0.5) is 13.2 Å². The fourth-order valence-corrected chi connectivity index (χ4v) is 1.77. The van der Waals surface area contributed by atoms with E-state index in [1.807, 2.05) is 6.92 Å². The van der Waals surface area contributed by atoms with Crippen molar-refractivity contribution in [1.82, 2.24) is 5.32 Å². The van der Waals surface area contributed by atoms with E-state index in [9.17, 15) is 13.2 Å². The Labute approximate surface area is 112 Å². The number of ether oxygens (including phenoxy) is 1. The highest BCUT2D eigenvalue weighted by molar-refractivity contribution is 5.33. The van der Waals surface area contributed by atoms with E-state index in [0.29, 0.717) is 12.1 Å². The largest absolute Gasteiger partial charge is 0.573 e. The first kappa shape index (κ1) is 15.8. The molecule has 1 rings (SSSR count). The lowest BCUT2D eigenvalue weighted by molar-refractivity contribution is -0.274. The standard InChI is InChI=1S/C14H20F3NO/c1-3-4-7-11(2)18-10-12-8-5-6-9-13(12)19-14(15,16)17/h5-6,8-9,11,18H,3-4,7,10H2,1-2H3. The lowest BCUT2D eigenvalue weighted by atomic mass is 10.1. The third kappa shape index (κ3) is 6.47. The van der Waals surface area contributed by atoms with Crippen molar-refractivity contribution in [3.8, 4) is 5.75 Å². The lowest BCUT2D eigenvalue weighted by Gasteiger charge is -2.16. The van der Waals surface area contributed by atoms with Crippen LogP contribution in [0, 0.1) is 0 Å². The van der Waals surface area contributed by atoms with E-state index >= 15 is 0 Å². The second kappa shape index (κ2) is 7.38. The van der Waals surface area contributed by atoms with Gasteiger partial charge in [0.1, 0.15) is 5.75 Å². The smallest absolute Gasteiger partial charge is 0.405 e. The number of nitrogens with one attached hydrogen (secondary N) is 1. The first-order valence-electron chi connectivity index (χ1n) is 6.49. The topological polar surface area (TPSA) is 21.3 Å². The third-order valence-corrected chi connectivity index (χ3v) is 2.83. The zero-order valence-corrected chi connectivity index (χ0v) is 11.3. The van der Waals surface area contributed by atoms with Gasteiger partial charge in [0.25, 0.3) is 0 Å². The van der Waals surface area contributed by atoms with Gasteiger partial charge in [-0.15, -0.1) is 13.2 Å². The van der Waals surface area contributed by atoms with Crippen molar-refractivity contribution in [3.05, 3.63) is 29.8 Å². The minimum atomic E-state index is -4.65. The lowest BCUT2D eigenvalue weighted by Crippen LogP contribution is -2.26. The maximum atomic E-state index is 12.2. The summed E-state index contributed by atoms with van der Waals surface area (Å²) in [6.07, 6.45) is -1.42. The van der Waals surface area contributed by atoms with Crippen molar-refractivity contribution < 1.29 is 17.9 Å². The van der Waals surface area contributed by atoms with Gasteiger partial charge in [-0.25, -0.2) is 0 Å². The summed E-state index contributed by atoms with van der Waals surface area (Å²) in [7, 11) is 0. The molecule has 2 nitrogen and oxygen atoms in total. The molecule has 0 heterocycles. The zero-order chi connectivity index (χ0) is 14.3. The van der Waals surface area contributed by atoms with Gasteiger partial charge in [0.05, 0.1) is 0 Å². The van der Waals surface area contributed by atoms with Crippen molar-refractivity contribution >= 4 is 0 Å². The Bertz CT molecular complexity index is 379.